The largest absolute Gasteiger partial charge is 0.478 e. The standard InChI is InChI=1S/C15H24N4O/c1-3-20-15-8-14(17-11(2)18-15)16-9-12-6-7-19(10-12)13-4-5-13/h8,12-13H,3-7,9-10H2,1-2H3,(H,16,17,18). The molecule has 0 bridgehead atoms. The van der Waals surface area contributed by atoms with Crippen molar-refractivity contribution in [2.45, 2.75) is 39.2 Å². The predicted molar refractivity (Wildman–Crippen MR) is 79.1 cm³/mol. The lowest BCUT2D eigenvalue weighted by Crippen LogP contribution is -2.25. The number of likely N-dealkylation sites (tertiary alicyclic amines) is 1. The van der Waals surface area contributed by atoms with E-state index in [9.17, 15) is 0 Å². The molecule has 0 aromatic carbocycles. The van der Waals surface area contributed by atoms with Gasteiger partial charge in [-0.25, -0.2) is 4.98 Å². The Bertz CT molecular complexity index is 461. The van der Waals surface area contributed by atoms with Crippen LogP contribution in [-0.4, -0.2) is 47.2 Å². The van der Waals surface area contributed by atoms with Crippen molar-refractivity contribution in [2.75, 3.05) is 31.6 Å². The van der Waals surface area contributed by atoms with E-state index in [0.29, 0.717) is 12.5 Å². The van der Waals surface area contributed by atoms with Crippen LogP contribution >= 0.6 is 0 Å². The molecule has 2 fully saturated rings. The molecule has 20 heavy (non-hydrogen) atoms. The lowest BCUT2D eigenvalue weighted by atomic mass is 10.1. The number of hydrogen-bond acceptors (Lipinski definition) is 5. The Balaban J connectivity index is 1.52. The second kappa shape index (κ2) is 5.95. The van der Waals surface area contributed by atoms with Crippen LogP contribution < -0.4 is 10.1 Å². The Morgan fingerprint density at radius 3 is 2.95 bits per heavy atom. The molecule has 1 unspecified atom stereocenters. The third kappa shape index (κ3) is 3.39. The van der Waals surface area contributed by atoms with Crippen molar-refractivity contribution in [1.82, 2.24) is 14.9 Å². The zero-order valence-electron chi connectivity index (χ0n) is 12.4. The SMILES string of the molecule is CCOc1cc(NCC2CCN(C3CC3)C2)nc(C)n1. The number of nitrogens with zero attached hydrogens (tertiary/aromatic N) is 3. The molecule has 1 aliphatic carbocycles. The molecule has 1 aromatic rings. The van der Waals surface area contributed by atoms with Gasteiger partial charge in [-0.1, -0.05) is 0 Å². The maximum Gasteiger partial charge on any atom is 0.218 e. The van der Waals surface area contributed by atoms with Crippen molar-refractivity contribution in [2.24, 2.45) is 5.92 Å². The van der Waals surface area contributed by atoms with Gasteiger partial charge in [0, 0.05) is 25.2 Å². The summed E-state index contributed by atoms with van der Waals surface area (Å²) in [5.41, 5.74) is 0. The molecule has 2 aliphatic rings. The highest BCUT2D eigenvalue weighted by Crippen LogP contribution is 2.31. The number of hydrogen-bond donors (Lipinski definition) is 1. The van der Waals surface area contributed by atoms with Crippen LogP contribution in [0.2, 0.25) is 0 Å². The molecule has 0 spiro atoms. The molecule has 5 heteroatoms. The summed E-state index contributed by atoms with van der Waals surface area (Å²) in [5.74, 6) is 3.03. The normalized spacial score (nSPS) is 23.0. The second-order valence-corrected chi connectivity index (χ2v) is 5.83. The summed E-state index contributed by atoms with van der Waals surface area (Å²) in [6, 6.07) is 2.79. The molecule has 0 amide bonds. The third-order valence-corrected chi connectivity index (χ3v) is 4.06. The van der Waals surface area contributed by atoms with Gasteiger partial charge in [-0.3, -0.25) is 0 Å². The molecule has 110 valence electrons. The minimum atomic E-state index is 0.634. The lowest BCUT2D eigenvalue weighted by Gasteiger charge is -2.15. The van der Waals surface area contributed by atoms with Gasteiger partial charge in [0.15, 0.2) is 0 Å². The highest BCUT2D eigenvalue weighted by molar-refractivity contribution is 5.38. The average molecular weight is 276 g/mol. The van der Waals surface area contributed by atoms with Gasteiger partial charge in [0.2, 0.25) is 5.88 Å². The number of anilines is 1. The number of nitrogens with one attached hydrogen (secondary N) is 1. The van der Waals surface area contributed by atoms with E-state index in [1.54, 1.807) is 0 Å². The predicted octanol–water partition coefficient (Wildman–Crippen LogP) is 2.08. The summed E-state index contributed by atoms with van der Waals surface area (Å²) in [6.45, 7) is 8.00. The van der Waals surface area contributed by atoms with E-state index < -0.39 is 0 Å². The summed E-state index contributed by atoms with van der Waals surface area (Å²) in [7, 11) is 0. The number of aromatic nitrogens is 2. The van der Waals surface area contributed by atoms with Crippen LogP contribution in [-0.2, 0) is 0 Å². The van der Waals surface area contributed by atoms with Crippen molar-refractivity contribution < 1.29 is 4.74 Å². The molecular weight excluding hydrogens is 252 g/mol. The van der Waals surface area contributed by atoms with Crippen LogP contribution in [0.4, 0.5) is 5.82 Å². The molecule has 2 heterocycles. The van der Waals surface area contributed by atoms with Crippen LogP contribution in [0.3, 0.4) is 0 Å². The molecule has 1 aromatic heterocycles. The average Bonchev–Trinajstić information content (AvgIpc) is 3.16. The Morgan fingerprint density at radius 1 is 1.35 bits per heavy atom. The zero-order valence-corrected chi connectivity index (χ0v) is 12.4. The highest BCUT2D eigenvalue weighted by Gasteiger charge is 2.34. The van der Waals surface area contributed by atoms with Crippen molar-refractivity contribution >= 4 is 5.82 Å². The van der Waals surface area contributed by atoms with E-state index in [-0.39, 0.29) is 0 Å². The fourth-order valence-corrected chi connectivity index (χ4v) is 2.90. The van der Waals surface area contributed by atoms with Crippen molar-refractivity contribution in [3.05, 3.63) is 11.9 Å². The molecule has 3 rings (SSSR count). The maximum absolute atomic E-state index is 5.46. The first kappa shape index (κ1) is 13.6. The van der Waals surface area contributed by atoms with Gasteiger partial charge >= 0.3 is 0 Å². The van der Waals surface area contributed by atoms with Crippen LogP contribution in [0.25, 0.3) is 0 Å². The lowest BCUT2D eigenvalue weighted by molar-refractivity contribution is 0.316. The molecule has 1 aliphatic heterocycles. The Labute approximate surface area is 120 Å². The molecule has 1 atom stereocenters. The van der Waals surface area contributed by atoms with Gasteiger partial charge in [-0.2, -0.15) is 4.98 Å². The quantitative estimate of drug-likeness (QED) is 0.862. The second-order valence-electron chi connectivity index (χ2n) is 5.83. The first-order valence-corrected chi connectivity index (χ1v) is 7.71. The maximum atomic E-state index is 5.46. The van der Waals surface area contributed by atoms with Crippen LogP contribution in [0.15, 0.2) is 6.07 Å². The van der Waals surface area contributed by atoms with Crippen molar-refractivity contribution in [1.29, 1.82) is 0 Å². The van der Waals surface area contributed by atoms with E-state index in [0.717, 1.165) is 30.1 Å². The Morgan fingerprint density at radius 2 is 2.20 bits per heavy atom. The molecule has 0 radical (unpaired) electrons. The van der Waals surface area contributed by atoms with Gasteiger partial charge in [0.05, 0.1) is 6.61 Å². The smallest absolute Gasteiger partial charge is 0.218 e. The van der Waals surface area contributed by atoms with Crippen LogP contribution in [0.5, 0.6) is 5.88 Å². The monoisotopic (exact) mass is 276 g/mol. The highest BCUT2D eigenvalue weighted by atomic mass is 16.5. The van der Waals surface area contributed by atoms with Crippen molar-refractivity contribution in [3.63, 3.8) is 0 Å². The molecule has 1 saturated heterocycles. The summed E-state index contributed by atoms with van der Waals surface area (Å²) in [6.07, 6.45) is 4.11. The van der Waals surface area contributed by atoms with E-state index >= 15 is 0 Å². The molecule has 1 saturated carbocycles. The Kier molecular flexibility index (Phi) is 4.05. The summed E-state index contributed by atoms with van der Waals surface area (Å²) >= 11 is 0. The topological polar surface area (TPSA) is 50.3 Å². The number of ether oxygens (including phenoxy) is 1. The zero-order chi connectivity index (χ0) is 13.9. The summed E-state index contributed by atoms with van der Waals surface area (Å²) in [5, 5.41) is 3.45. The fraction of sp³-hybridized carbons (Fsp3) is 0.733. The van der Waals surface area contributed by atoms with Crippen LogP contribution in [0.1, 0.15) is 32.0 Å². The van der Waals surface area contributed by atoms with Crippen molar-refractivity contribution in [3.8, 4) is 5.88 Å². The van der Waals surface area contributed by atoms with Gasteiger partial charge in [-0.05, 0) is 45.6 Å². The molecule has 5 nitrogen and oxygen atoms in total. The van der Waals surface area contributed by atoms with Gasteiger partial charge in [0.25, 0.3) is 0 Å². The van der Waals surface area contributed by atoms with Gasteiger partial charge in [0.1, 0.15) is 11.6 Å². The molecule has 1 N–H and O–H groups in total. The van der Waals surface area contributed by atoms with Gasteiger partial charge in [-0.15, -0.1) is 0 Å². The van der Waals surface area contributed by atoms with Gasteiger partial charge < -0.3 is 15.0 Å². The third-order valence-electron chi connectivity index (χ3n) is 4.06. The summed E-state index contributed by atoms with van der Waals surface area (Å²) in [4.78, 5) is 11.3. The number of rotatable bonds is 6. The first-order valence-electron chi connectivity index (χ1n) is 7.71. The first-order chi connectivity index (χ1) is 9.74. The fourth-order valence-electron chi connectivity index (χ4n) is 2.90. The minimum Gasteiger partial charge on any atom is -0.478 e. The van der Waals surface area contributed by atoms with E-state index in [1.165, 1.54) is 32.4 Å². The van der Waals surface area contributed by atoms with E-state index in [4.69, 9.17) is 4.74 Å². The minimum absolute atomic E-state index is 0.634. The Hall–Kier alpha value is -1.36. The van der Waals surface area contributed by atoms with Crippen LogP contribution in [0, 0.1) is 12.8 Å². The van der Waals surface area contributed by atoms with E-state index in [2.05, 4.69) is 20.2 Å². The summed E-state index contributed by atoms with van der Waals surface area (Å²) < 4.78 is 5.46. The number of aryl methyl sites for hydroxylation is 1. The molecular formula is C15H24N4O. The van der Waals surface area contributed by atoms with E-state index in [1.807, 2.05) is 19.9 Å².